The number of halogens is 5. The average molecular weight is 430 g/mol. The molecule has 1 aromatic heterocycles. The van der Waals surface area contributed by atoms with Gasteiger partial charge in [0.2, 0.25) is 0 Å². The molecule has 1 unspecified atom stereocenters. The molecule has 3 rings (SSSR count). The number of aromatic nitrogens is 2. The first-order chi connectivity index (χ1) is 14.2. The molecule has 1 saturated heterocycles. The van der Waals surface area contributed by atoms with E-state index >= 15 is 0 Å². The van der Waals surface area contributed by atoms with Crippen molar-refractivity contribution in [1.29, 1.82) is 0 Å². The Hall–Kier alpha value is -2.85. The Morgan fingerprint density at radius 2 is 1.97 bits per heavy atom. The summed E-state index contributed by atoms with van der Waals surface area (Å²) >= 11 is 0. The number of guanidine groups is 1. The van der Waals surface area contributed by atoms with Crippen molar-refractivity contribution in [2.24, 2.45) is 12.0 Å². The van der Waals surface area contributed by atoms with Crippen LogP contribution in [0.4, 0.5) is 27.6 Å². The molecule has 2 N–H and O–H groups in total. The maximum atomic E-state index is 14.0. The summed E-state index contributed by atoms with van der Waals surface area (Å²) in [4.78, 5) is 5.85. The normalized spacial score (nSPS) is 17.5. The Morgan fingerprint density at radius 1 is 1.27 bits per heavy atom. The number of para-hydroxylation sites is 1. The van der Waals surface area contributed by atoms with E-state index in [1.807, 2.05) is 6.92 Å². The Balaban J connectivity index is 1.70. The quantitative estimate of drug-likeness (QED) is 0.435. The number of benzene rings is 1. The number of aliphatic imine (C=N–C) groups is 1. The van der Waals surface area contributed by atoms with Crippen molar-refractivity contribution in [2.45, 2.75) is 32.1 Å². The molecule has 1 aliphatic rings. The highest BCUT2D eigenvalue weighted by molar-refractivity contribution is 5.80. The maximum Gasteiger partial charge on any atom is 0.435 e. The molecule has 0 saturated carbocycles. The van der Waals surface area contributed by atoms with Crippen molar-refractivity contribution < 1.29 is 22.0 Å². The molecule has 6 nitrogen and oxygen atoms in total. The van der Waals surface area contributed by atoms with E-state index in [-0.39, 0.29) is 23.8 Å². The third-order valence-electron chi connectivity index (χ3n) is 4.71. The fourth-order valence-electron chi connectivity index (χ4n) is 3.44. The summed E-state index contributed by atoms with van der Waals surface area (Å²) in [5.74, 6) is -0.935. The number of hydrogen-bond donors (Lipinski definition) is 2. The van der Waals surface area contributed by atoms with E-state index in [1.165, 1.54) is 31.4 Å². The summed E-state index contributed by atoms with van der Waals surface area (Å²) in [6, 6.07) is 3.55. The van der Waals surface area contributed by atoms with Crippen molar-refractivity contribution in [3.8, 4) is 0 Å². The molecule has 0 spiro atoms. The fraction of sp³-hybridized carbons (Fsp3) is 0.474. The van der Waals surface area contributed by atoms with Gasteiger partial charge in [0, 0.05) is 44.5 Å². The van der Waals surface area contributed by atoms with Crippen LogP contribution in [0.25, 0.3) is 0 Å². The second-order valence-electron chi connectivity index (χ2n) is 7.02. The monoisotopic (exact) mass is 430 g/mol. The standard InChI is InChI=1S/C19H23F5N6/c1-3-25-18(26-9-12-10-29(2)28-17(12)19(22,23)24)27-13-7-8-30(11-13)16-14(20)5-4-6-15(16)21/h4-6,10,13H,3,7-9,11H2,1-2H3,(H2,25,26,27). The SMILES string of the molecule is CCNC(=NCc1cn(C)nc1C(F)(F)F)NC1CCN(c2c(F)cccc2F)C1. The lowest BCUT2D eigenvalue weighted by atomic mass is 10.2. The summed E-state index contributed by atoms with van der Waals surface area (Å²) in [6.45, 7) is 2.90. The number of rotatable bonds is 5. The molecule has 11 heteroatoms. The van der Waals surface area contributed by atoms with Gasteiger partial charge in [0.25, 0.3) is 0 Å². The Labute approximate surface area is 170 Å². The third-order valence-corrected chi connectivity index (χ3v) is 4.71. The van der Waals surface area contributed by atoms with Gasteiger partial charge in [-0.15, -0.1) is 0 Å². The Bertz CT molecular complexity index is 887. The van der Waals surface area contributed by atoms with E-state index in [4.69, 9.17) is 0 Å². The molecular formula is C19H23F5N6. The van der Waals surface area contributed by atoms with Crippen molar-refractivity contribution in [3.05, 3.63) is 47.3 Å². The molecular weight excluding hydrogens is 407 g/mol. The summed E-state index contributed by atoms with van der Waals surface area (Å²) in [7, 11) is 1.42. The van der Waals surface area contributed by atoms with Gasteiger partial charge in [-0.25, -0.2) is 13.8 Å². The molecule has 0 radical (unpaired) electrons. The first kappa shape index (κ1) is 21.8. The van der Waals surface area contributed by atoms with Gasteiger partial charge in [-0.1, -0.05) is 6.07 Å². The molecule has 0 amide bonds. The van der Waals surface area contributed by atoms with E-state index < -0.39 is 23.5 Å². The predicted octanol–water partition coefficient (Wildman–Crippen LogP) is 3.05. The minimum Gasteiger partial charge on any atom is -0.365 e. The Morgan fingerprint density at radius 3 is 2.60 bits per heavy atom. The van der Waals surface area contributed by atoms with Gasteiger partial charge in [0.15, 0.2) is 11.7 Å². The van der Waals surface area contributed by atoms with Crippen LogP contribution < -0.4 is 15.5 Å². The zero-order valence-corrected chi connectivity index (χ0v) is 16.6. The molecule has 30 heavy (non-hydrogen) atoms. The summed E-state index contributed by atoms with van der Waals surface area (Å²) in [6.07, 6.45) is -2.68. The summed E-state index contributed by atoms with van der Waals surface area (Å²) in [5.41, 5.74) is -1.08. The molecule has 0 aliphatic carbocycles. The number of nitrogens with zero attached hydrogens (tertiary/aromatic N) is 4. The van der Waals surface area contributed by atoms with Crippen molar-refractivity contribution in [2.75, 3.05) is 24.5 Å². The number of hydrogen-bond acceptors (Lipinski definition) is 3. The average Bonchev–Trinajstić information content (AvgIpc) is 3.26. The van der Waals surface area contributed by atoms with Gasteiger partial charge in [0.1, 0.15) is 17.3 Å². The predicted molar refractivity (Wildman–Crippen MR) is 103 cm³/mol. The lowest BCUT2D eigenvalue weighted by Crippen LogP contribution is -2.44. The highest BCUT2D eigenvalue weighted by Crippen LogP contribution is 2.31. The first-order valence-corrected chi connectivity index (χ1v) is 9.52. The van der Waals surface area contributed by atoms with Gasteiger partial charge in [-0.3, -0.25) is 4.68 Å². The van der Waals surface area contributed by atoms with E-state index in [0.29, 0.717) is 32.0 Å². The van der Waals surface area contributed by atoms with Crippen LogP contribution >= 0.6 is 0 Å². The topological polar surface area (TPSA) is 57.5 Å². The van der Waals surface area contributed by atoms with Crippen LogP contribution in [0.1, 0.15) is 24.6 Å². The minimum atomic E-state index is -4.56. The van der Waals surface area contributed by atoms with Gasteiger partial charge in [0.05, 0.1) is 6.54 Å². The molecule has 2 heterocycles. The smallest absolute Gasteiger partial charge is 0.365 e. The zero-order chi connectivity index (χ0) is 21.9. The van der Waals surface area contributed by atoms with Gasteiger partial charge < -0.3 is 15.5 Å². The van der Waals surface area contributed by atoms with E-state index in [0.717, 1.165) is 4.68 Å². The fourth-order valence-corrected chi connectivity index (χ4v) is 3.44. The summed E-state index contributed by atoms with van der Waals surface area (Å²) in [5, 5.41) is 9.59. The highest BCUT2D eigenvalue weighted by Gasteiger charge is 2.36. The van der Waals surface area contributed by atoms with Crippen molar-refractivity contribution >= 4 is 11.6 Å². The van der Waals surface area contributed by atoms with Crippen LogP contribution in [0.5, 0.6) is 0 Å². The number of aryl methyl sites for hydroxylation is 1. The number of alkyl halides is 3. The third kappa shape index (κ3) is 5.00. The highest BCUT2D eigenvalue weighted by atomic mass is 19.4. The lowest BCUT2D eigenvalue weighted by Gasteiger charge is -2.21. The molecule has 1 aliphatic heterocycles. The largest absolute Gasteiger partial charge is 0.435 e. The van der Waals surface area contributed by atoms with E-state index in [2.05, 4.69) is 20.7 Å². The van der Waals surface area contributed by atoms with Crippen molar-refractivity contribution in [3.63, 3.8) is 0 Å². The summed E-state index contributed by atoms with van der Waals surface area (Å²) < 4.78 is 68.5. The second kappa shape index (κ2) is 8.88. The minimum absolute atomic E-state index is 0.0383. The van der Waals surface area contributed by atoms with Gasteiger partial charge in [-0.05, 0) is 25.5 Å². The molecule has 1 atom stereocenters. The number of nitrogens with one attached hydrogen (secondary N) is 2. The van der Waals surface area contributed by atoms with Gasteiger partial charge in [-0.2, -0.15) is 18.3 Å². The van der Waals surface area contributed by atoms with E-state index in [1.54, 1.807) is 4.90 Å². The first-order valence-electron chi connectivity index (χ1n) is 9.52. The van der Waals surface area contributed by atoms with Crippen LogP contribution in [0.15, 0.2) is 29.4 Å². The molecule has 1 aromatic carbocycles. The van der Waals surface area contributed by atoms with Gasteiger partial charge >= 0.3 is 6.18 Å². The zero-order valence-electron chi connectivity index (χ0n) is 16.6. The van der Waals surface area contributed by atoms with Crippen LogP contribution in [-0.2, 0) is 19.8 Å². The Kier molecular flexibility index (Phi) is 6.47. The molecule has 1 fully saturated rings. The van der Waals surface area contributed by atoms with E-state index in [9.17, 15) is 22.0 Å². The number of anilines is 1. The van der Waals surface area contributed by atoms with Crippen LogP contribution in [0.2, 0.25) is 0 Å². The molecule has 0 bridgehead atoms. The molecule has 164 valence electrons. The lowest BCUT2D eigenvalue weighted by molar-refractivity contribution is -0.142. The van der Waals surface area contributed by atoms with Crippen molar-refractivity contribution in [1.82, 2.24) is 20.4 Å². The molecule has 2 aromatic rings. The van der Waals surface area contributed by atoms with Crippen LogP contribution in [-0.4, -0.2) is 41.4 Å². The van der Waals surface area contributed by atoms with Crippen LogP contribution in [0.3, 0.4) is 0 Å². The second-order valence-corrected chi connectivity index (χ2v) is 7.02. The maximum absolute atomic E-state index is 14.0. The van der Waals surface area contributed by atoms with Crippen LogP contribution in [0, 0.1) is 11.6 Å².